The minimum Gasteiger partial charge on any atom is -0.503 e. The smallest absolute Gasteiger partial charge is 0.257 e. The molecule has 0 spiro atoms. The molecule has 6 rings (SSSR count). The fourth-order valence-corrected chi connectivity index (χ4v) is 7.58. The average molecular weight is 581 g/mol. The molecule has 2 N–H and O–H groups in total. The molecular formula is C28H25BrN2O7. The third kappa shape index (κ3) is 3.13. The number of allylic oxidation sites excluding steroid dienone is 2. The van der Waals surface area contributed by atoms with Crippen molar-refractivity contribution < 1.29 is 34.2 Å². The number of anilines is 1. The molecule has 38 heavy (non-hydrogen) atoms. The SMILES string of the molecule is COc1cc(C2C3=CCC4C(=O)N(O)C(=O)C4C3CC3C(=O)N(c4ccccc4)C(=O)C32C)cc(Br)c1O. The third-order valence-electron chi connectivity index (χ3n) is 8.87. The zero-order chi connectivity index (χ0) is 27.1. The molecular weight excluding hydrogens is 556 g/mol. The normalized spacial score (nSPS) is 32.2. The molecule has 0 aromatic heterocycles. The predicted molar refractivity (Wildman–Crippen MR) is 137 cm³/mol. The van der Waals surface area contributed by atoms with Crippen molar-refractivity contribution in [2.45, 2.75) is 25.7 Å². The van der Waals surface area contributed by atoms with Crippen molar-refractivity contribution in [2.24, 2.45) is 29.1 Å². The van der Waals surface area contributed by atoms with E-state index in [1.165, 1.54) is 12.0 Å². The van der Waals surface area contributed by atoms with Gasteiger partial charge in [-0.15, -0.1) is 0 Å². The Morgan fingerprint density at radius 1 is 1.03 bits per heavy atom. The maximum absolute atomic E-state index is 14.2. The molecule has 2 aromatic carbocycles. The molecule has 2 aliphatic carbocycles. The number of phenolic OH excluding ortho intramolecular Hbond substituents is 1. The van der Waals surface area contributed by atoms with Gasteiger partial charge in [-0.25, -0.2) is 4.90 Å². The first-order valence-electron chi connectivity index (χ1n) is 12.4. The Labute approximate surface area is 226 Å². The second kappa shape index (κ2) is 8.51. The van der Waals surface area contributed by atoms with E-state index < -0.39 is 46.8 Å². The lowest BCUT2D eigenvalue weighted by molar-refractivity contribution is -0.173. The molecule has 2 saturated heterocycles. The summed E-state index contributed by atoms with van der Waals surface area (Å²) in [5.41, 5.74) is 0.651. The van der Waals surface area contributed by atoms with Gasteiger partial charge >= 0.3 is 0 Å². The lowest BCUT2D eigenvalue weighted by atomic mass is 9.51. The van der Waals surface area contributed by atoms with E-state index in [2.05, 4.69) is 15.9 Å². The molecule has 6 unspecified atom stereocenters. The first-order chi connectivity index (χ1) is 18.1. The summed E-state index contributed by atoms with van der Waals surface area (Å²) in [5, 5.41) is 20.8. The van der Waals surface area contributed by atoms with Gasteiger partial charge in [0, 0.05) is 5.92 Å². The van der Waals surface area contributed by atoms with E-state index in [0.717, 1.165) is 5.57 Å². The average Bonchev–Trinajstić information content (AvgIpc) is 3.25. The number of amides is 4. The van der Waals surface area contributed by atoms with Crippen molar-refractivity contribution in [3.8, 4) is 11.5 Å². The first-order valence-corrected chi connectivity index (χ1v) is 13.2. The van der Waals surface area contributed by atoms with Crippen LogP contribution in [0.25, 0.3) is 0 Å². The van der Waals surface area contributed by atoms with Crippen LogP contribution in [0.1, 0.15) is 31.2 Å². The number of hydrogen-bond donors (Lipinski definition) is 2. The van der Waals surface area contributed by atoms with Crippen LogP contribution >= 0.6 is 15.9 Å². The largest absolute Gasteiger partial charge is 0.503 e. The number of ether oxygens (including phenoxy) is 1. The van der Waals surface area contributed by atoms with Gasteiger partial charge in [0.1, 0.15) is 0 Å². The van der Waals surface area contributed by atoms with Crippen LogP contribution in [0.4, 0.5) is 5.69 Å². The van der Waals surface area contributed by atoms with Gasteiger partial charge in [0.25, 0.3) is 11.8 Å². The summed E-state index contributed by atoms with van der Waals surface area (Å²) < 4.78 is 5.75. The Balaban J connectivity index is 1.57. The fourth-order valence-electron chi connectivity index (χ4n) is 7.12. The number of benzene rings is 2. The minimum absolute atomic E-state index is 0.102. The molecule has 4 aliphatic rings. The molecule has 196 valence electrons. The minimum atomic E-state index is -1.21. The van der Waals surface area contributed by atoms with Gasteiger partial charge in [0.05, 0.1) is 40.4 Å². The Morgan fingerprint density at radius 2 is 1.74 bits per heavy atom. The van der Waals surface area contributed by atoms with Crippen molar-refractivity contribution in [3.05, 3.63) is 64.1 Å². The van der Waals surface area contributed by atoms with Crippen LogP contribution in [-0.2, 0) is 19.2 Å². The maximum Gasteiger partial charge on any atom is 0.257 e. The molecule has 1 saturated carbocycles. The van der Waals surface area contributed by atoms with Crippen molar-refractivity contribution in [3.63, 3.8) is 0 Å². The number of para-hydroxylation sites is 1. The molecule has 0 bridgehead atoms. The Morgan fingerprint density at radius 3 is 2.42 bits per heavy atom. The summed E-state index contributed by atoms with van der Waals surface area (Å²) in [6.07, 6.45) is 2.31. The van der Waals surface area contributed by atoms with Gasteiger partial charge in [-0.3, -0.25) is 24.4 Å². The lowest BCUT2D eigenvalue weighted by Gasteiger charge is -2.49. The van der Waals surface area contributed by atoms with E-state index in [-0.39, 0.29) is 41.2 Å². The summed E-state index contributed by atoms with van der Waals surface area (Å²) in [4.78, 5) is 55.1. The summed E-state index contributed by atoms with van der Waals surface area (Å²) in [7, 11) is 1.42. The number of fused-ring (bicyclic) bond motifs is 4. The number of halogens is 1. The molecule has 6 atom stereocenters. The van der Waals surface area contributed by atoms with Crippen molar-refractivity contribution in [2.75, 3.05) is 12.0 Å². The summed E-state index contributed by atoms with van der Waals surface area (Å²) in [6.45, 7) is 1.78. The summed E-state index contributed by atoms with van der Waals surface area (Å²) in [5.74, 6) is -5.46. The Kier molecular flexibility index (Phi) is 5.55. The molecule has 0 radical (unpaired) electrons. The van der Waals surface area contributed by atoms with Gasteiger partial charge < -0.3 is 9.84 Å². The Hall–Kier alpha value is -3.50. The quantitative estimate of drug-likeness (QED) is 0.321. The number of hydroxylamine groups is 2. The molecule has 9 nitrogen and oxygen atoms in total. The van der Waals surface area contributed by atoms with Gasteiger partial charge in [-0.05, 0) is 71.4 Å². The topological polar surface area (TPSA) is 124 Å². The molecule has 4 amide bonds. The van der Waals surface area contributed by atoms with Gasteiger partial charge in [0.2, 0.25) is 11.8 Å². The van der Waals surface area contributed by atoms with Crippen molar-refractivity contribution in [1.82, 2.24) is 5.06 Å². The number of imide groups is 2. The van der Waals surface area contributed by atoms with Gasteiger partial charge in [-0.1, -0.05) is 29.8 Å². The van der Waals surface area contributed by atoms with Gasteiger partial charge in [-0.2, -0.15) is 5.06 Å². The van der Waals surface area contributed by atoms with E-state index in [4.69, 9.17) is 4.74 Å². The number of phenols is 1. The van der Waals surface area contributed by atoms with Crippen molar-refractivity contribution >= 4 is 45.2 Å². The Bertz CT molecular complexity index is 1440. The zero-order valence-electron chi connectivity index (χ0n) is 20.6. The summed E-state index contributed by atoms with van der Waals surface area (Å²) in [6, 6.07) is 12.1. The molecule has 2 heterocycles. The van der Waals surface area contributed by atoms with Crippen LogP contribution in [-0.4, -0.2) is 46.1 Å². The van der Waals surface area contributed by atoms with Crippen LogP contribution in [0.15, 0.2) is 58.6 Å². The second-order valence-corrected chi connectivity index (χ2v) is 11.4. The summed E-state index contributed by atoms with van der Waals surface area (Å²) >= 11 is 3.38. The number of methoxy groups -OCH3 is 1. The highest BCUT2D eigenvalue weighted by Crippen LogP contribution is 2.64. The van der Waals surface area contributed by atoms with Crippen LogP contribution in [0.3, 0.4) is 0 Å². The number of carbonyl (C=O) groups excluding carboxylic acids is 4. The van der Waals surface area contributed by atoms with Crippen LogP contribution in [0.5, 0.6) is 11.5 Å². The highest BCUT2D eigenvalue weighted by Gasteiger charge is 2.67. The monoisotopic (exact) mass is 580 g/mol. The predicted octanol–water partition coefficient (Wildman–Crippen LogP) is 3.78. The zero-order valence-corrected chi connectivity index (χ0v) is 22.2. The number of carbonyl (C=O) groups is 4. The maximum atomic E-state index is 14.2. The fraction of sp³-hybridized carbons (Fsp3) is 0.357. The molecule has 2 aromatic rings. The number of aromatic hydroxyl groups is 1. The lowest BCUT2D eigenvalue weighted by Crippen LogP contribution is -2.48. The van der Waals surface area contributed by atoms with Gasteiger partial charge in [0.15, 0.2) is 11.5 Å². The molecule has 3 fully saturated rings. The van der Waals surface area contributed by atoms with Crippen LogP contribution < -0.4 is 9.64 Å². The van der Waals surface area contributed by atoms with E-state index in [9.17, 15) is 29.5 Å². The number of hydrogen-bond acceptors (Lipinski definition) is 7. The second-order valence-electron chi connectivity index (χ2n) is 10.5. The van der Waals surface area contributed by atoms with E-state index >= 15 is 0 Å². The van der Waals surface area contributed by atoms with E-state index in [1.807, 2.05) is 6.08 Å². The van der Waals surface area contributed by atoms with Crippen LogP contribution in [0, 0.1) is 29.1 Å². The molecule has 10 heteroatoms. The third-order valence-corrected chi connectivity index (χ3v) is 9.47. The van der Waals surface area contributed by atoms with E-state index in [0.29, 0.717) is 15.7 Å². The molecule has 2 aliphatic heterocycles. The highest BCUT2D eigenvalue weighted by molar-refractivity contribution is 9.10. The van der Waals surface area contributed by atoms with E-state index in [1.54, 1.807) is 49.4 Å². The van der Waals surface area contributed by atoms with Crippen LogP contribution in [0.2, 0.25) is 0 Å². The standard InChI is InChI=1S/C28H25BrN2O7/c1-28-18(25(34)30(27(28)36)14-6-4-3-5-7-14)12-17-15(8-9-16-21(17)26(35)31(37)24(16)33)22(28)13-10-19(29)23(32)20(11-13)38-2/h3-8,10-11,16-18,21-22,32,37H,9,12H2,1-2H3. The number of rotatable bonds is 3. The first kappa shape index (κ1) is 24.8. The number of nitrogens with zero attached hydrogens (tertiary/aromatic N) is 2. The highest BCUT2D eigenvalue weighted by atomic mass is 79.9. The van der Waals surface area contributed by atoms with Crippen molar-refractivity contribution in [1.29, 1.82) is 0 Å².